The van der Waals surface area contributed by atoms with Gasteiger partial charge in [0.15, 0.2) is 17.2 Å². The predicted molar refractivity (Wildman–Crippen MR) is 193 cm³/mol. The number of rotatable bonds is 3. The third-order valence-corrected chi connectivity index (χ3v) is 5.98. The van der Waals surface area contributed by atoms with Gasteiger partial charge in [-0.2, -0.15) is 0 Å². The van der Waals surface area contributed by atoms with E-state index in [9.17, 15) is 15.0 Å². The van der Waals surface area contributed by atoms with E-state index in [-0.39, 0.29) is 45.8 Å². The van der Waals surface area contributed by atoms with Crippen LogP contribution in [0.5, 0.6) is 63.2 Å². The maximum absolute atomic E-state index is 10.3. The SMILES string of the molecule is O=C(O)c1cc(O)c(O)c(O)c1.Oc1cc(O)cc(C=Cc2ccccc2)c1.Oc1cc(O)cc(O)c1.Oc1cccc(O)c1.Oc1ccccc1. The summed E-state index contributed by atoms with van der Waals surface area (Å²) >= 11 is 0. The molecule has 0 bridgehead atoms. The maximum atomic E-state index is 10.3. The summed E-state index contributed by atoms with van der Waals surface area (Å²) in [5.41, 5.74) is 1.55. The molecule has 6 aromatic rings. The molecule has 0 aromatic heterocycles. The molecule has 6 rings (SSSR count). The number of aromatic carboxylic acids is 1. The number of phenols is 11. The Kier molecular flexibility index (Phi) is 16.1. The first-order chi connectivity index (χ1) is 24.6. The van der Waals surface area contributed by atoms with Gasteiger partial charge >= 0.3 is 5.97 Å². The molecule has 0 saturated heterocycles. The molecular formula is C39H36O13. The van der Waals surface area contributed by atoms with Gasteiger partial charge in [-0.05, 0) is 59.7 Å². The molecule has 0 heterocycles. The summed E-state index contributed by atoms with van der Waals surface area (Å²) in [6.07, 6.45) is 3.77. The predicted octanol–water partition coefficient (Wildman–Crippen LogP) is 7.06. The van der Waals surface area contributed by atoms with Crippen LogP contribution >= 0.6 is 0 Å². The Balaban J connectivity index is 0.000000233. The Bertz CT molecular complexity index is 1920. The van der Waals surface area contributed by atoms with E-state index in [1.165, 1.54) is 24.3 Å². The van der Waals surface area contributed by atoms with Crippen LogP contribution in [0.15, 0.2) is 133 Å². The van der Waals surface area contributed by atoms with Gasteiger partial charge in [0, 0.05) is 30.3 Å². The molecule has 13 nitrogen and oxygen atoms in total. The largest absolute Gasteiger partial charge is 0.508 e. The molecule has 0 saturated carbocycles. The van der Waals surface area contributed by atoms with Crippen molar-refractivity contribution in [2.24, 2.45) is 0 Å². The van der Waals surface area contributed by atoms with Gasteiger partial charge in [-0.25, -0.2) is 4.79 Å². The van der Waals surface area contributed by atoms with Crippen molar-refractivity contribution in [2.45, 2.75) is 0 Å². The number of phenolic OH excluding ortho intramolecular Hbond substituents is 11. The zero-order chi connectivity index (χ0) is 38.6. The fourth-order valence-corrected chi connectivity index (χ4v) is 3.70. The Morgan fingerprint density at radius 2 is 0.712 bits per heavy atom. The van der Waals surface area contributed by atoms with Crippen molar-refractivity contribution in [3.63, 3.8) is 0 Å². The van der Waals surface area contributed by atoms with E-state index in [2.05, 4.69) is 0 Å². The second kappa shape index (κ2) is 20.6. The van der Waals surface area contributed by atoms with E-state index < -0.39 is 23.2 Å². The van der Waals surface area contributed by atoms with Crippen molar-refractivity contribution >= 4 is 18.1 Å². The summed E-state index contributed by atoms with van der Waals surface area (Å²) < 4.78 is 0. The summed E-state index contributed by atoms with van der Waals surface area (Å²) in [5.74, 6) is -3.15. The highest BCUT2D eigenvalue weighted by molar-refractivity contribution is 5.89. The van der Waals surface area contributed by atoms with E-state index >= 15 is 0 Å². The average Bonchev–Trinajstić information content (AvgIpc) is 3.07. The van der Waals surface area contributed by atoms with Gasteiger partial charge in [0.1, 0.15) is 46.0 Å². The number of hydrogen-bond donors (Lipinski definition) is 12. The van der Waals surface area contributed by atoms with Gasteiger partial charge < -0.3 is 61.3 Å². The minimum Gasteiger partial charge on any atom is -0.508 e. The molecule has 0 amide bonds. The van der Waals surface area contributed by atoms with Crippen LogP contribution in [0.2, 0.25) is 0 Å². The molecule has 0 fully saturated rings. The summed E-state index contributed by atoms with van der Waals surface area (Å²) in [6.45, 7) is 0. The topological polar surface area (TPSA) is 260 Å². The van der Waals surface area contributed by atoms with Gasteiger partial charge in [-0.15, -0.1) is 0 Å². The molecule has 6 aromatic carbocycles. The van der Waals surface area contributed by atoms with E-state index in [4.69, 9.17) is 51.1 Å². The number of carboxylic acid groups (broad SMARTS) is 1. The first-order valence-electron chi connectivity index (χ1n) is 14.8. The summed E-state index contributed by atoms with van der Waals surface area (Å²) in [6, 6.07) is 34.0. The number of para-hydroxylation sites is 1. The lowest BCUT2D eigenvalue weighted by Gasteiger charge is -2.01. The lowest BCUT2D eigenvalue weighted by atomic mass is 10.1. The number of hydrogen-bond acceptors (Lipinski definition) is 12. The lowest BCUT2D eigenvalue weighted by Crippen LogP contribution is -1.95. The second-order valence-electron chi connectivity index (χ2n) is 10.3. The molecule has 0 radical (unpaired) electrons. The first kappa shape index (κ1) is 40.5. The van der Waals surface area contributed by atoms with E-state index in [1.54, 1.807) is 42.5 Å². The number of carboxylic acids is 1. The molecule has 0 atom stereocenters. The van der Waals surface area contributed by atoms with Gasteiger partial charge in [0.2, 0.25) is 0 Å². The average molecular weight is 713 g/mol. The van der Waals surface area contributed by atoms with E-state index in [0.29, 0.717) is 5.75 Å². The van der Waals surface area contributed by atoms with Crippen LogP contribution in [0.3, 0.4) is 0 Å². The lowest BCUT2D eigenvalue weighted by molar-refractivity contribution is 0.0695. The minimum atomic E-state index is -1.29. The Hall–Kier alpha value is -7.67. The zero-order valence-corrected chi connectivity index (χ0v) is 27.1. The number of carbonyl (C=O) groups is 1. The van der Waals surface area contributed by atoms with Crippen LogP contribution in [0.1, 0.15) is 21.5 Å². The molecule has 12 N–H and O–H groups in total. The van der Waals surface area contributed by atoms with Crippen LogP contribution in [0, 0.1) is 0 Å². The molecule has 270 valence electrons. The van der Waals surface area contributed by atoms with Crippen molar-refractivity contribution in [1.82, 2.24) is 0 Å². The Morgan fingerprint density at radius 3 is 1.06 bits per heavy atom. The molecule has 0 spiro atoms. The van der Waals surface area contributed by atoms with Crippen molar-refractivity contribution < 1.29 is 66.1 Å². The third kappa shape index (κ3) is 16.0. The molecule has 0 aliphatic heterocycles. The van der Waals surface area contributed by atoms with Crippen LogP contribution < -0.4 is 0 Å². The van der Waals surface area contributed by atoms with Gasteiger partial charge in [0.05, 0.1) is 5.56 Å². The van der Waals surface area contributed by atoms with Crippen LogP contribution in [0.25, 0.3) is 12.2 Å². The van der Waals surface area contributed by atoms with Gasteiger partial charge in [0.25, 0.3) is 0 Å². The second-order valence-corrected chi connectivity index (χ2v) is 10.3. The van der Waals surface area contributed by atoms with Crippen LogP contribution in [-0.2, 0) is 0 Å². The number of benzene rings is 6. The summed E-state index contributed by atoms with van der Waals surface area (Å²) in [4.78, 5) is 10.3. The summed E-state index contributed by atoms with van der Waals surface area (Å²) in [5, 5.41) is 106. The molecule has 13 heteroatoms. The summed E-state index contributed by atoms with van der Waals surface area (Å²) in [7, 11) is 0. The van der Waals surface area contributed by atoms with Crippen LogP contribution in [-0.4, -0.2) is 67.2 Å². The van der Waals surface area contributed by atoms with Crippen molar-refractivity contribution in [2.75, 3.05) is 0 Å². The van der Waals surface area contributed by atoms with E-state index in [1.807, 2.05) is 48.6 Å². The third-order valence-electron chi connectivity index (χ3n) is 5.98. The highest BCUT2D eigenvalue weighted by Gasteiger charge is 2.11. The van der Waals surface area contributed by atoms with Crippen LogP contribution in [0.4, 0.5) is 0 Å². The normalized spacial score (nSPS) is 9.69. The standard InChI is InChI=1S/C14H12O2.C7H6O5.C6H6O3.C6H6O2.C6H6O/c15-13-8-12(9-14(16)10-13)7-6-11-4-2-1-3-5-11;8-4-1-3(7(11)12)2-5(9)6(4)10;7-4-1-5(8)3-6(9)2-4;7-5-2-1-3-6(8)4-5;7-6-4-2-1-3-5-6/h1-10,15-16H;1-2,8-10H,(H,11,12);1-3,7-9H;1-4,7-8H;1-5,7H. The molecule has 0 aliphatic rings. The van der Waals surface area contributed by atoms with Crippen molar-refractivity contribution in [1.29, 1.82) is 0 Å². The Morgan fingerprint density at radius 1 is 0.365 bits per heavy atom. The van der Waals surface area contributed by atoms with E-state index in [0.717, 1.165) is 41.5 Å². The quantitative estimate of drug-likeness (QED) is 0.0648. The molecular weight excluding hydrogens is 676 g/mol. The Labute approximate surface area is 297 Å². The fourth-order valence-electron chi connectivity index (χ4n) is 3.70. The first-order valence-corrected chi connectivity index (χ1v) is 14.8. The van der Waals surface area contributed by atoms with Gasteiger partial charge in [-0.1, -0.05) is 66.7 Å². The fraction of sp³-hybridized carbons (Fsp3) is 0. The van der Waals surface area contributed by atoms with Crippen molar-refractivity contribution in [3.05, 3.63) is 150 Å². The smallest absolute Gasteiger partial charge is 0.335 e. The highest BCUT2D eigenvalue weighted by atomic mass is 16.4. The monoisotopic (exact) mass is 712 g/mol. The van der Waals surface area contributed by atoms with Crippen molar-refractivity contribution in [3.8, 4) is 63.2 Å². The zero-order valence-electron chi connectivity index (χ0n) is 27.1. The van der Waals surface area contributed by atoms with Gasteiger partial charge in [-0.3, -0.25) is 0 Å². The molecule has 52 heavy (non-hydrogen) atoms. The number of aromatic hydroxyl groups is 11. The molecule has 0 unspecified atom stereocenters. The molecule has 0 aliphatic carbocycles. The minimum absolute atomic E-state index is 0.0627. The maximum Gasteiger partial charge on any atom is 0.335 e. The highest BCUT2D eigenvalue weighted by Crippen LogP contribution is 2.35.